The molecule has 1 aliphatic rings. The molecule has 5 rings (SSSR count). The number of fused-ring (bicyclic) bond motifs is 2. The summed E-state index contributed by atoms with van der Waals surface area (Å²) >= 11 is 1.56. The lowest BCUT2D eigenvalue weighted by Crippen LogP contribution is -2.06. The highest BCUT2D eigenvalue weighted by atomic mass is 32.1. The first-order valence-corrected chi connectivity index (χ1v) is 9.36. The van der Waals surface area contributed by atoms with E-state index in [1.807, 2.05) is 23.6 Å². The van der Waals surface area contributed by atoms with Crippen LogP contribution in [0.1, 0.15) is 48.8 Å². The molecule has 0 aliphatic heterocycles. The summed E-state index contributed by atoms with van der Waals surface area (Å²) in [4.78, 5) is 5.69. The second-order valence-electron chi connectivity index (χ2n) is 6.50. The number of aromatic nitrogens is 7. The van der Waals surface area contributed by atoms with E-state index < -0.39 is 0 Å². The van der Waals surface area contributed by atoms with E-state index in [4.69, 9.17) is 4.98 Å². The highest BCUT2D eigenvalue weighted by molar-refractivity contribution is 7.20. The fraction of sp³-hybridized carbons (Fsp3) is 0.438. The Morgan fingerprint density at radius 1 is 1.20 bits per heavy atom. The maximum absolute atomic E-state index is 4.76. The van der Waals surface area contributed by atoms with Gasteiger partial charge < -0.3 is 5.32 Å². The van der Waals surface area contributed by atoms with Crippen LogP contribution >= 0.6 is 11.3 Å². The number of imidazole rings is 1. The van der Waals surface area contributed by atoms with Gasteiger partial charge in [-0.3, -0.25) is 0 Å². The predicted molar refractivity (Wildman–Crippen MR) is 94.9 cm³/mol. The van der Waals surface area contributed by atoms with Crippen molar-refractivity contribution in [3.05, 3.63) is 35.5 Å². The fourth-order valence-corrected chi connectivity index (χ4v) is 4.18. The van der Waals surface area contributed by atoms with Crippen LogP contribution in [0.2, 0.25) is 0 Å². The fourth-order valence-electron chi connectivity index (χ4n) is 3.40. The Kier molecular flexibility index (Phi) is 3.40. The zero-order valence-corrected chi connectivity index (χ0v) is 14.7. The van der Waals surface area contributed by atoms with E-state index in [1.54, 1.807) is 15.9 Å². The molecule has 0 atom stereocenters. The summed E-state index contributed by atoms with van der Waals surface area (Å²) < 4.78 is 3.64. The quantitative estimate of drug-likeness (QED) is 0.606. The van der Waals surface area contributed by atoms with E-state index in [9.17, 15) is 0 Å². The van der Waals surface area contributed by atoms with Gasteiger partial charge >= 0.3 is 0 Å². The van der Waals surface area contributed by atoms with Crippen molar-refractivity contribution in [2.45, 2.75) is 45.1 Å². The monoisotopic (exact) mass is 354 g/mol. The Bertz CT molecular complexity index is 1010. The third kappa shape index (κ3) is 2.64. The molecule has 8 nitrogen and oxygen atoms in total. The zero-order valence-electron chi connectivity index (χ0n) is 13.9. The van der Waals surface area contributed by atoms with Crippen molar-refractivity contribution >= 4 is 27.1 Å². The molecule has 1 saturated carbocycles. The second-order valence-corrected chi connectivity index (χ2v) is 7.45. The Morgan fingerprint density at radius 3 is 2.92 bits per heavy atom. The van der Waals surface area contributed by atoms with Gasteiger partial charge in [0.05, 0.1) is 24.1 Å². The Morgan fingerprint density at radius 2 is 2.08 bits per heavy atom. The van der Waals surface area contributed by atoms with E-state index in [0.717, 1.165) is 27.3 Å². The van der Waals surface area contributed by atoms with E-state index in [1.165, 1.54) is 31.4 Å². The normalized spacial score (nSPS) is 15.6. The van der Waals surface area contributed by atoms with E-state index in [0.29, 0.717) is 12.5 Å². The lowest BCUT2D eigenvalue weighted by atomic mass is 10.1. The molecule has 1 fully saturated rings. The molecule has 4 aromatic rings. The van der Waals surface area contributed by atoms with Gasteiger partial charge in [0.1, 0.15) is 0 Å². The third-order valence-electron chi connectivity index (χ3n) is 4.69. The van der Waals surface area contributed by atoms with Crippen LogP contribution in [0.5, 0.6) is 0 Å². The van der Waals surface area contributed by atoms with Crippen LogP contribution < -0.4 is 5.32 Å². The zero-order chi connectivity index (χ0) is 16.8. The number of hydrogen-bond acceptors (Lipinski definition) is 7. The maximum atomic E-state index is 4.76. The predicted octanol–water partition coefficient (Wildman–Crippen LogP) is 2.81. The lowest BCUT2D eigenvalue weighted by Gasteiger charge is -2.02. The van der Waals surface area contributed by atoms with Gasteiger partial charge in [0.15, 0.2) is 11.5 Å². The van der Waals surface area contributed by atoms with Crippen molar-refractivity contribution in [2.75, 3.05) is 5.32 Å². The van der Waals surface area contributed by atoms with Crippen LogP contribution in [0, 0.1) is 6.92 Å². The molecule has 1 aliphatic carbocycles. The summed E-state index contributed by atoms with van der Waals surface area (Å²) in [7, 11) is 0. The van der Waals surface area contributed by atoms with Gasteiger partial charge in [0.25, 0.3) is 0 Å². The number of nitrogens with zero attached hydrogens (tertiary/aromatic N) is 7. The SMILES string of the molecule is Cc1ccc2nnc(CNc3nn4cc(C5CCCC5)nc4s3)n2n1. The molecule has 128 valence electrons. The first kappa shape index (κ1) is 14.8. The first-order valence-electron chi connectivity index (χ1n) is 8.54. The molecule has 0 spiro atoms. The van der Waals surface area contributed by atoms with Crippen molar-refractivity contribution in [3.8, 4) is 0 Å². The smallest absolute Gasteiger partial charge is 0.214 e. The minimum Gasteiger partial charge on any atom is -0.353 e. The lowest BCUT2D eigenvalue weighted by molar-refractivity contribution is 0.702. The average molecular weight is 354 g/mol. The van der Waals surface area contributed by atoms with E-state index in [2.05, 4.69) is 31.9 Å². The van der Waals surface area contributed by atoms with Gasteiger partial charge in [-0.2, -0.15) is 9.61 Å². The summed E-state index contributed by atoms with van der Waals surface area (Å²) in [6.45, 7) is 2.47. The van der Waals surface area contributed by atoms with Crippen molar-refractivity contribution in [2.24, 2.45) is 0 Å². The molecule has 4 heterocycles. The number of hydrogen-bond donors (Lipinski definition) is 1. The summed E-state index contributed by atoms with van der Waals surface area (Å²) in [6.07, 6.45) is 7.21. The summed E-state index contributed by atoms with van der Waals surface area (Å²) in [5.41, 5.74) is 2.86. The first-order chi connectivity index (χ1) is 12.3. The van der Waals surface area contributed by atoms with Crippen LogP contribution in [0.25, 0.3) is 10.6 Å². The standard InChI is InChI=1S/C16H18N8S/c1-10-6-7-13-19-20-14(24(13)21-10)8-17-15-22-23-9-12(18-16(23)25-15)11-4-2-3-5-11/h6-7,9,11H,2-5,8H2,1H3,(H,17,22). The largest absolute Gasteiger partial charge is 0.353 e. The van der Waals surface area contributed by atoms with Crippen molar-refractivity contribution in [1.29, 1.82) is 0 Å². The van der Waals surface area contributed by atoms with Crippen molar-refractivity contribution < 1.29 is 0 Å². The van der Waals surface area contributed by atoms with E-state index in [-0.39, 0.29) is 0 Å². The second kappa shape index (κ2) is 5.76. The number of rotatable bonds is 4. The highest BCUT2D eigenvalue weighted by Gasteiger charge is 2.21. The molecule has 0 aromatic carbocycles. The molecule has 0 bridgehead atoms. The summed E-state index contributed by atoms with van der Waals surface area (Å²) in [5, 5.41) is 21.5. The van der Waals surface area contributed by atoms with Crippen LogP contribution in [-0.4, -0.2) is 34.4 Å². The van der Waals surface area contributed by atoms with Crippen molar-refractivity contribution in [3.63, 3.8) is 0 Å². The molecule has 4 aromatic heterocycles. The molecule has 0 unspecified atom stereocenters. The Labute approximate surface area is 147 Å². The Balaban J connectivity index is 1.35. The van der Waals surface area contributed by atoms with Gasteiger partial charge in [-0.15, -0.1) is 15.3 Å². The molecule has 0 radical (unpaired) electrons. The maximum Gasteiger partial charge on any atom is 0.214 e. The van der Waals surface area contributed by atoms with Crippen molar-refractivity contribution in [1.82, 2.24) is 34.4 Å². The van der Waals surface area contributed by atoms with Crippen LogP contribution in [0.4, 0.5) is 5.13 Å². The number of anilines is 1. The van der Waals surface area contributed by atoms with Crippen LogP contribution in [-0.2, 0) is 6.54 Å². The van der Waals surface area contributed by atoms with Gasteiger partial charge in [0.2, 0.25) is 10.1 Å². The van der Waals surface area contributed by atoms with E-state index >= 15 is 0 Å². The molecule has 0 saturated heterocycles. The minimum absolute atomic E-state index is 0.518. The van der Waals surface area contributed by atoms with Crippen LogP contribution in [0.3, 0.4) is 0 Å². The molecular weight excluding hydrogens is 336 g/mol. The molecular formula is C16H18N8S. The molecule has 0 amide bonds. The third-order valence-corrected chi connectivity index (χ3v) is 5.57. The van der Waals surface area contributed by atoms with Crippen LogP contribution in [0.15, 0.2) is 18.3 Å². The van der Waals surface area contributed by atoms with Gasteiger partial charge in [-0.1, -0.05) is 24.2 Å². The van der Waals surface area contributed by atoms with Gasteiger partial charge in [-0.25, -0.2) is 9.50 Å². The molecule has 9 heteroatoms. The molecule has 25 heavy (non-hydrogen) atoms. The summed E-state index contributed by atoms with van der Waals surface area (Å²) in [6, 6.07) is 3.85. The number of nitrogens with one attached hydrogen (secondary N) is 1. The average Bonchev–Trinajstić information content (AvgIpc) is 3.35. The van der Waals surface area contributed by atoms with Gasteiger partial charge in [0, 0.05) is 5.92 Å². The highest BCUT2D eigenvalue weighted by Crippen LogP contribution is 2.34. The number of aryl methyl sites for hydroxylation is 1. The molecule has 1 N–H and O–H groups in total. The summed E-state index contributed by atoms with van der Waals surface area (Å²) in [5.74, 6) is 1.38. The Hall–Kier alpha value is -2.55. The van der Waals surface area contributed by atoms with Gasteiger partial charge in [-0.05, 0) is 31.9 Å². The minimum atomic E-state index is 0.518. The topological polar surface area (TPSA) is 85.3 Å².